The first-order valence-corrected chi connectivity index (χ1v) is 7.07. The van der Waals surface area contributed by atoms with Crippen LogP contribution in [0.15, 0.2) is 46.9 Å². The van der Waals surface area contributed by atoms with Gasteiger partial charge in [-0.15, -0.1) is 0 Å². The lowest BCUT2D eigenvalue weighted by molar-refractivity contribution is 0.0946. The van der Waals surface area contributed by atoms with Gasteiger partial charge in [0.1, 0.15) is 18.2 Å². The molecule has 0 aliphatic heterocycles. The Hall–Kier alpha value is -2.08. The number of benzene rings is 2. The zero-order valence-corrected chi connectivity index (χ0v) is 12.7. The average Bonchev–Trinajstić information content (AvgIpc) is 2.44. The molecular weight excluding hydrogens is 339 g/mol. The number of carbonyl (C=O) groups is 1. The first kappa shape index (κ1) is 15.3. The molecule has 21 heavy (non-hydrogen) atoms. The minimum absolute atomic E-state index is 0.251. The quantitative estimate of drug-likeness (QED) is 0.642. The van der Waals surface area contributed by atoms with Crippen molar-refractivity contribution < 1.29 is 13.9 Å². The summed E-state index contributed by atoms with van der Waals surface area (Å²) in [6.45, 7) is 0.567. The van der Waals surface area contributed by atoms with Crippen molar-refractivity contribution >= 4 is 27.5 Å². The first-order chi connectivity index (χ1) is 10.1. The molecule has 1 amide bonds. The summed E-state index contributed by atoms with van der Waals surface area (Å²) in [5.41, 5.74) is 6.52. The lowest BCUT2D eigenvalue weighted by Gasteiger charge is -2.09. The molecule has 0 saturated heterocycles. The average molecular weight is 353 g/mol. The van der Waals surface area contributed by atoms with E-state index < -0.39 is 5.82 Å². The van der Waals surface area contributed by atoms with Gasteiger partial charge in [-0.05, 0) is 30.3 Å². The number of amides is 1. The minimum atomic E-state index is -0.470. The summed E-state index contributed by atoms with van der Waals surface area (Å²) >= 11 is 3.14. The summed E-state index contributed by atoms with van der Waals surface area (Å²) in [6, 6.07) is 11.1. The maximum atomic E-state index is 13.2. The smallest absolute Gasteiger partial charge is 0.251 e. The fraction of sp³-hybridized carbons (Fsp3) is 0.133. The number of anilines is 1. The van der Waals surface area contributed by atoms with Gasteiger partial charge in [-0.25, -0.2) is 4.39 Å². The second kappa shape index (κ2) is 7.08. The normalized spacial score (nSPS) is 10.2. The van der Waals surface area contributed by atoms with Crippen LogP contribution in [0.5, 0.6) is 5.75 Å². The number of para-hydroxylation sites is 2. The van der Waals surface area contributed by atoms with E-state index in [1.54, 1.807) is 18.2 Å². The molecule has 0 aliphatic rings. The predicted molar refractivity (Wildman–Crippen MR) is 82.8 cm³/mol. The highest BCUT2D eigenvalue weighted by molar-refractivity contribution is 9.10. The van der Waals surface area contributed by atoms with E-state index in [9.17, 15) is 9.18 Å². The van der Waals surface area contributed by atoms with Crippen LogP contribution in [-0.4, -0.2) is 19.1 Å². The van der Waals surface area contributed by atoms with Crippen LogP contribution in [-0.2, 0) is 0 Å². The molecule has 4 nitrogen and oxygen atoms in total. The van der Waals surface area contributed by atoms with E-state index in [2.05, 4.69) is 21.2 Å². The van der Waals surface area contributed by atoms with Crippen molar-refractivity contribution in [1.82, 2.24) is 5.32 Å². The van der Waals surface area contributed by atoms with E-state index in [4.69, 9.17) is 10.5 Å². The zero-order chi connectivity index (χ0) is 15.2. The standard InChI is InChI=1S/C15H14BrFN2O2/c16-11-7-10(8-12(17)9-11)15(20)19-5-6-21-14-4-2-1-3-13(14)18/h1-4,7-9H,5-6,18H2,(H,19,20). The predicted octanol–water partition coefficient (Wildman–Crippen LogP) is 2.98. The van der Waals surface area contributed by atoms with Crippen molar-refractivity contribution in [3.63, 3.8) is 0 Å². The van der Waals surface area contributed by atoms with Gasteiger partial charge >= 0.3 is 0 Å². The third-order valence-electron chi connectivity index (χ3n) is 2.69. The Bertz CT molecular complexity index is 629. The van der Waals surface area contributed by atoms with Gasteiger partial charge in [0.25, 0.3) is 5.91 Å². The molecule has 2 rings (SSSR count). The topological polar surface area (TPSA) is 64.3 Å². The molecule has 0 aliphatic carbocycles. The van der Waals surface area contributed by atoms with Crippen LogP contribution in [0.2, 0.25) is 0 Å². The molecule has 2 aromatic carbocycles. The molecule has 110 valence electrons. The van der Waals surface area contributed by atoms with Gasteiger partial charge < -0.3 is 15.8 Å². The molecular formula is C15H14BrFN2O2. The fourth-order valence-electron chi connectivity index (χ4n) is 1.72. The van der Waals surface area contributed by atoms with E-state index >= 15 is 0 Å². The monoisotopic (exact) mass is 352 g/mol. The Morgan fingerprint density at radius 3 is 2.76 bits per heavy atom. The van der Waals surface area contributed by atoms with Crippen LogP contribution in [0.3, 0.4) is 0 Å². The fourth-order valence-corrected chi connectivity index (χ4v) is 2.19. The lowest BCUT2D eigenvalue weighted by atomic mass is 10.2. The van der Waals surface area contributed by atoms with E-state index in [1.807, 2.05) is 12.1 Å². The van der Waals surface area contributed by atoms with Crippen molar-refractivity contribution in [2.45, 2.75) is 0 Å². The molecule has 6 heteroatoms. The van der Waals surface area contributed by atoms with Gasteiger partial charge in [0, 0.05) is 10.0 Å². The van der Waals surface area contributed by atoms with Crippen LogP contribution in [0.4, 0.5) is 10.1 Å². The molecule has 0 heterocycles. The molecule has 2 aromatic rings. The third-order valence-corrected chi connectivity index (χ3v) is 3.15. The molecule has 0 fully saturated rings. The summed E-state index contributed by atoms with van der Waals surface area (Å²) in [5.74, 6) is -0.261. The minimum Gasteiger partial charge on any atom is -0.490 e. The number of nitrogens with two attached hydrogens (primary N) is 1. The van der Waals surface area contributed by atoms with Crippen molar-refractivity contribution in [2.24, 2.45) is 0 Å². The van der Waals surface area contributed by atoms with Gasteiger partial charge in [0.15, 0.2) is 0 Å². The zero-order valence-electron chi connectivity index (χ0n) is 11.1. The number of rotatable bonds is 5. The van der Waals surface area contributed by atoms with E-state index in [1.165, 1.54) is 12.1 Å². The lowest BCUT2D eigenvalue weighted by Crippen LogP contribution is -2.28. The molecule has 0 saturated carbocycles. The van der Waals surface area contributed by atoms with Crippen LogP contribution < -0.4 is 15.8 Å². The first-order valence-electron chi connectivity index (χ1n) is 6.28. The van der Waals surface area contributed by atoms with Gasteiger partial charge in [-0.3, -0.25) is 4.79 Å². The van der Waals surface area contributed by atoms with Crippen molar-refractivity contribution in [3.05, 3.63) is 58.3 Å². The van der Waals surface area contributed by atoms with Crippen LogP contribution >= 0.6 is 15.9 Å². The second-order valence-corrected chi connectivity index (χ2v) is 5.22. The summed E-state index contributed by atoms with van der Waals surface area (Å²) in [4.78, 5) is 11.8. The van der Waals surface area contributed by atoms with Gasteiger partial charge in [-0.1, -0.05) is 28.1 Å². The van der Waals surface area contributed by atoms with Crippen LogP contribution in [0.1, 0.15) is 10.4 Å². The molecule has 0 aromatic heterocycles. The van der Waals surface area contributed by atoms with Crippen LogP contribution in [0, 0.1) is 5.82 Å². The number of nitrogens with one attached hydrogen (secondary N) is 1. The molecule has 0 radical (unpaired) electrons. The molecule has 0 bridgehead atoms. The number of ether oxygens (including phenoxy) is 1. The molecule has 0 unspecified atom stereocenters. The SMILES string of the molecule is Nc1ccccc1OCCNC(=O)c1cc(F)cc(Br)c1. The molecule has 3 N–H and O–H groups in total. The Labute approximate surface area is 130 Å². The largest absolute Gasteiger partial charge is 0.490 e. The van der Waals surface area contributed by atoms with Gasteiger partial charge in [0.05, 0.1) is 12.2 Å². The number of carbonyl (C=O) groups excluding carboxylic acids is 1. The summed E-state index contributed by atoms with van der Waals surface area (Å²) in [5, 5.41) is 2.65. The number of hydrogen-bond acceptors (Lipinski definition) is 3. The van der Waals surface area contributed by atoms with Crippen molar-refractivity contribution in [2.75, 3.05) is 18.9 Å². The highest BCUT2D eigenvalue weighted by atomic mass is 79.9. The maximum absolute atomic E-state index is 13.2. The van der Waals surface area contributed by atoms with Gasteiger partial charge in [0.2, 0.25) is 0 Å². The summed E-state index contributed by atoms with van der Waals surface area (Å²) < 4.78 is 19.2. The Kier molecular flexibility index (Phi) is 5.16. The number of halogens is 2. The molecule has 0 spiro atoms. The number of nitrogen functional groups attached to an aromatic ring is 1. The van der Waals surface area contributed by atoms with Crippen molar-refractivity contribution in [3.8, 4) is 5.75 Å². The van der Waals surface area contributed by atoms with Gasteiger partial charge in [-0.2, -0.15) is 0 Å². The Balaban J connectivity index is 1.83. The highest BCUT2D eigenvalue weighted by Gasteiger charge is 2.08. The Morgan fingerprint density at radius 2 is 2.05 bits per heavy atom. The van der Waals surface area contributed by atoms with E-state index in [0.717, 1.165) is 0 Å². The van der Waals surface area contributed by atoms with E-state index in [0.29, 0.717) is 22.5 Å². The third kappa shape index (κ3) is 4.46. The van der Waals surface area contributed by atoms with E-state index in [-0.39, 0.29) is 18.1 Å². The van der Waals surface area contributed by atoms with Crippen LogP contribution in [0.25, 0.3) is 0 Å². The number of hydrogen-bond donors (Lipinski definition) is 2. The molecule has 0 atom stereocenters. The Morgan fingerprint density at radius 1 is 1.29 bits per heavy atom. The van der Waals surface area contributed by atoms with Crippen molar-refractivity contribution in [1.29, 1.82) is 0 Å². The summed E-state index contributed by atoms with van der Waals surface area (Å²) in [6.07, 6.45) is 0. The maximum Gasteiger partial charge on any atom is 0.251 e. The second-order valence-electron chi connectivity index (χ2n) is 4.30. The summed E-state index contributed by atoms with van der Waals surface area (Å²) in [7, 11) is 0. The highest BCUT2D eigenvalue weighted by Crippen LogP contribution is 2.19.